The second-order valence-electron chi connectivity index (χ2n) is 3.81. The van der Waals surface area contributed by atoms with E-state index in [1.165, 1.54) is 19.2 Å². The summed E-state index contributed by atoms with van der Waals surface area (Å²) >= 11 is 0. The van der Waals surface area contributed by atoms with E-state index < -0.39 is 12.2 Å². The third kappa shape index (κ3) is 2.79. The zero-order chi connectivity index (χ0) is 13.7. The fraction of sp³-hybridized carbons (Fsp3) is 0.417. The number of benzene rings is 1. The number of phenols is 1. The van der Waals surface area contributed by atoms with Gasteiger partial charge in [-0.3, -0.25) is 4.79 Å². The SMILES string of the molecule is CNCC(O)C(O)c1c(C=O)ccc(OC)c1O. The second-order valence-corrected chi connectivity index (χ2v) is 3.81. The monoisotopic (exact) mass is 255 g/mol. The summed E-state index contributed by atoms with van der Waals surface area (Å²) in [6.45, 7) is 0.121. The first-order chi connectivity index (χ1) is 8.56. The zero-order valence-electron chi connectivity index (χ0n) is 10.3. The Kier molecular flexibility index (Phi) is 5.08. The maximum Gasteiger partial charge on any atom is 0.164 e. The molecule has 0 aliphatic rings. The van der Waals surface area contributed by atoms with Gasteiger partial charge in [0.1, 0.15) is 6.10 Å². The zero-order valence-corrected chi connectivity index (χ0v) is 10.3. The van der Waals surface area contributed by atoms with Crippen molar-refractivity contribution in [1.82, 2.24) is 5.32 Å². The first kappa shape index (κ1) is 14.4. The van der Waals surface area contributed by atoms with Crippen LogP contribution in [0, 0.1) is 0 Å². The van der Waals surface area contributed by atoms with E-state index in [9.17, 15) is 20.1 Å². The number of hydrogen-bond donors (Lipinski definition) is 4. The average molecular weight is 255 g/mol. The topological polar surface area (TPSA) is 99.0 Å². The predicted octanol–water partition coefficient (Wildman–Crippen LogP) is -0.173. The van der Waals surface area contributed by atoms with Gasteiger partial charge in [-0.05, 0) is 19.2 Å². The normalized spacial score (nSPS) is 14.0. The van der Waals surface area contributed by atoms with E-state index in [1.807, 2.05) is 0 Å². The molecule has 0 saturated carbocycles. The van der Waals surface area contributed by atoms with Crippen molar-refractivity contribution in [3.63, 3.8) is 0 Å². The molecule has 1 aromatic rings. The summed E-state index contributed by atoms with van der Waals surface area (Å²) in [5.41, 5.74) is 0.0723. The van der Waals surface area contributed by atoms with Crippen molar-refractivity contribution in [2.45, 2.75) is 12.2 Å². The van der Waals surface area contributed by atoms with Gasteiger partial charge < -0.3 is 25.4 Å². The van der Waals surface area contributed by atoms with Crippen LogP contribution in [0.15, 0.2) is 12.1 Å². The number of aliphatic hydroxyl groups is 2. The van der Waals surface area contributed by atoms with Gasteiger partial charge in [0, 0.05) is 17.7 Å². The molecule has 0 saturated heterocycles. The van der Waals surface area contributed by atoms with Gasteiger partial charge in [-0.15, -0.1) is 0 Å². The summed E-state index contributed by atoms with van der Waals surface area (Å²) in [7, 11) is 2.97. The standard InChI is InChI=1S/C12H17NO5/c1-13-5-8(15)11(16)10-7(6-14)3-4-9(18-2)12(10)17/h3-4,6,8,11,13,15-17H,5H2,1-2H3. The Labute approximate surface area is 105 Å². The van der Waals surface area contributed by atoms with E-state index in [1.54, 1.807) is 7.05 Å². The molecule has 0 bridgehead atoms. The number of rotatable bonds is 6. The molecule has 0 aromatic heterocycles. The van der Waals surface area contributed by atoms with Crippen molar-refractivity contribution >= 4 is 6.29 Å². The molecule has 4 N–H and O–H groups in total. The van der Waals surface area contributed by atoms with Gasteiger partial charge in [-0.2, -0.15) is 0 Å². The summed E-state index contributed by atoms with van der Waals surface area (Å²) in [5, 5.41) is 32.3. The van der Waals surface area contributed by atoms with Crippen LogP contribution < -0.4 is 10.1 Å². The van der Waals surface area contributed by atoms with Gasteiger partial charge in [0.05, 0.1) is 13.2 Å². The van der Waals surface area contributed by atoms with Gasteiger partial charge in [0.15, 0.2) is 17.8 Å². The third-order valence-corrected chi connectivity index (χ3v) is 2.63. The number of aldehydes is 1. The van der Waals surface area contributed by atoms with Crippen LogP contribution in [0.25, 0.3) is 0 Å². The summed E-state index contributed by atoms with van der Waals surface area (Å²) < 4.78 is 4.90. The molecule has 2 unspecified atom stereocenters. The van der Waals surface area contributed by atoms with E-state index >= 15 is 0 Å². The molecule has 0 aliphatic carbocycles. The van der Waals surface area contributed by atoms with Gasteiger partial charge in [-0.25, -0.2) is 0 Å². The van der Waals surface area contributed by atoms with Crippen LogP contribution >= 0.6 is 0 Å². The van der Waals surface area contributed by atoms with Crippen LogP contribution in [0.3, 0.4) is 0 Å². The Hall–Kier alpha value is -1.63. The molecule has 18 heavy (non-hydrogen) atoms. The number of aliphatic hydroxyl groups excluding tert-OH is 2. The van der Waals surface area contributed by atoms with Gasteiger partial charge in [0.25, 0.3) is 0 Å². The highest BCUT2D eigenvalue weighted by Crippen LogP contribution is 2.36. The Bertz CT molecular complexity index is 421. The second kappa shape index (κ2) is 6.34. The third-order valence-electron chi connectivity index (χ3n) is 2.63. The van der Waals surface area contributed by atoms with Crippen molar-refractivity contribution in [3.05, 3.63) is 23.3 Å². The molecule has 2 atom stereocenters. The number of phenolic OH excluding ortho intramolecular Hbond substituents is 1. The first-order valence-electron chi connectivity index (χ1n) is 5.42. The van der Waals surface area contributed by atoms with Crippen molar-refractivity contribution in [3.8, 4) is 11.5 Å². The molecule has 1 rings (SSSR count). The van der Waals surface area contributed by atoms with E-state index in [0.29, 0.717) is 6.29 Å². The quantitative estimate of drug-likeness (QED) is 0.527. The minimum Gasteiger partial charge on any atom is -0.504 e. The Morgan fingerprint density at radius 1 is 1.44 bits per heavy atom. The molecular formula is C12H17NO5. The summed E-state index contributed by atoms with van der Waals surface area (Å²) in [6.07, 6.45) is -2.02. The number of likely N-dealkylation sites (N-methyl/N-ethyl adjacent to an activating group) is 1. The lowest BCUT2D eigenvalue weighted by Gasteiger charge is -2.21. The molecule has 6 nitrogen and oxygen atoms in total. The van der Waals surface area contributed by atoms with E-state index in [4.69, 9.17) is 4.74 Å². The number of aromatic hydroxyl groups is 1. The lowest BCUT2D eigenvalue weighted by atomic mass is 9.97. The summed E-state index contributed by atoms with van der Waals surface area (Å²) in [5.74, 6) is -0.212. The fourth-order valence-corrected chi connectivity index (χ4v) is 1.70. The van der Waals surface area contributed by atoms with Gasteiger partial charge in [-0.1, -0.05) is 0 Å². The molecule has 0 aliphatic heterocycles. The number of nitrogens with one attached hydrogen (secondary N) is 1. The number of carbonyl (C=O) groups is 1. The molecule has 0 amide bonds. The van der Waals surface area contributed by atoms with Crippen molar-refractivity contribution in [1.29, 1.82) is 0 Å². The van der Waals surface area contributed by atoms with E-state index in [0.717, 1.165) is 0 Å². The Balaban J connectivity index is 3.23. The molecule has 0 heterocycles. The number of carbonyl (C=O) groups excluding carboxylic acids is 1. The number of ether oxygens (including phenoxy) is 1. The van der Waals surface area contributed by atoms with Crippen molar-refractivity contribution < 1.29 is 24.9 Å². The molecule has 0 radical (unpaired) electrons. The minimum absolute atomic E-state index is 0.0351. The Morgan fingerprint density at radius 3 is 2.61 bits per heavy atom. The predicted molar refractivity (Wildman–Crippen MR) is 64.9 cm³/mol. The molecular weight excluding hydrogens is 238 g/mol. The van der Waals surface area contributed by atoms with E-state index in [-0.39, 0.29) is 29.2 Å². The van der Waals surface area contributed by atoms with Crippen LogP contribution in [-0.2, 0) is 0 Å². The van der Waals surface area contributed by atoms with Crippen LogP contribution in [0.1, 0.15) is 22.0 Å². The molecule has 6 heteroatoms. The Morgan fingerprint density at radius 2 is 2.11 bits per heavy atom. The molecule has 0 fully saturated rings. The maximum absolute atomic E-state index is 10.9. The lowest BCUT2D eigenvalue weighted by Crippen LogP contribution is -2.30. The lowest BCUT2D eigenvalue weighted by molar-refractivity contribution is 0.0183. The van der Waals surface area contributed by atoms with Crippen LogP contribution in [-0.4, -0.2) is 48.4 Å². The largest absolute Gasteiger partial charge is 0.504 e. The fourth-order valence-electron chi connectivity index (χ4n) is 1.70. The van der Waals surface area contributed by atoms with Crippen molar-refractivity contribution in [2.75, 3.05) is 20.7 Å². The average Bonchev–Trinajstić information content (AvgIpc) is 2.37. The van der Waals surface area contributed by atoms with Gasteiger partial charge >= 0.3 is 0 Å². The first-order valence-corrected chi connectivity index (χ1v) is 5.42. The highest BCUT2D eigenvalue weighted by Gasteiger charge is 2.25. The summed E-state index contributed by atoms with van der Waals surface area (Å²) in [6, 6.07) is 2.83. The smallest absolute Gasteiger partial charge is 0.164 e. The van der Waals surface area contributed by atoms with Crippen molar-refractivity contribution in [2.24, 2.45) is 0 Å². The number of methoxy groups -OCH3 is 1. The molecule has 100 valence electrons. The van der Waals surface area contributed by atoms with E-state index in [2.05, 4.69) is 5.32 Å². The van der Waals surface area contributed by atoms with Crippen LogP contribution in [0.2, 0.25) is 0 Å². The van der Waals surface area contributed by atoms with Gasteiger partial charge in [0.2, 0.25) is 0 Å². The highest BCUT2D eigenvalue weighted by molar-refractivity contribution is 5.80. The highest BCUT2D eigenvalue weighted by atomic mass is 16.5. The number of hydrogen-bond acceptors (Lipinski definition) is 6. The van der Waals surface area contributed by atoms with Crippen LogP contribution in [0.4, 0.5) is 0 Å². The molecule has 0 spiro atoms. The molecule has 1 aromatic carbocycles. The maximum atomic E-state index is 10.9. The minimum atomic E-state index is -1.38. The summed E-state index contributed by atoms with van der Waals surface area (Å²) in [4.78, 5) is 10.9. The van der Waals surface area contributed by atoms with Crippen LogP contribution in [0.5, 0.6) is 11.5 Å².